The number of aliphatic hydroxyl groups excluding tert-OH is 2. The molecule has 0 aliphatic heterocycles. The molecule has 0 aliphatic carbocycles. The highest BCUT2D eigenvalue weighted by Crippen LogP contribution is 2.41. The summed E-state index contributed by atoms with van der Waals surface area (Å²) < 4.78 is 124. The maximum Gasteiger partial charge on any atom is 0.423 e. The molecule has 0 radical (unpaired) electrons. The number of aliphatic hydroxyl groups is 4. The molecule has 248 valence electrons. The summed E-state index contributed by atoms with van der Waals surface area (Å²) in [5.41, 5.74) is 0.687. The predicted octanol–water partition coefficient (Wildman–Crippen LogP) is 4.86. The van der Waals surface area contributed by atoms with E-state index in [2.05, 4.69) is 19.9 Å². The minimum absolute atomic E-state index is 0.149. The summed E-state index contributed by atoms with van der Waals surface area (Å²) in [7, 11) is 0. The average molecular weight is 701 g/mol. The van der Waals surface area contributed by atoms with Crippen LogP contribution in [-0.2, 0) is 11.2 Å². The van der Waals surface area contributed by atoms with Gasteiger partial charge in [-0.1, -0.05) is 47.5 Å². The van der Waals surface area contributed by atoms with Crippen LogP contribution in [0.25, 0.3) is 22.5 Å². The molecule has 2 aromatic carbocycles. The summed E-state index contributed by atoms with van der Waals surface area (Å²) >= 11 is 11.5. The quantitative estimate of drug-likeness (QED) is 0.152. The van der Waals surface area contributed by atoms with Gasteiger partial charge in [-0.2, -0.15) is 26.3 Å². The van der Waals surface area contributed by atoms with Gasteiger partial charge in [0.25, 0.3) is 0 Å². The Bertz CT molecular complexity index is 1800. The second-order valence-electron chi connectivity index (χ2n) is 9.42. The van der Waals surface area contributed by atoms with Crippen molar-refractivity contribution in [2.45, 2.75) is 37.3 Å². The van der Waals surface area contributed by atoms with Crippen LogP contribution in [0.3, 0.4) is 0 Å². The molecule has 4 rings (SSSR count). The number of nitrogens with zero attached hydrogens (tertiary/aromatic N) is 4. The third-order valence-corrected chi connectivity index (χ3v) is 7.01. The largest absolute Gasteiger partial charge is 0.423 e. The zero-order valence-corrected chi connectivity index (χ0v) is 24.3. The predicted molar refractivity (Wildman–Crippen MR) is 157 cm³/mol. The van der Waals surface area contributed by atoms with E-state index in [-0.39, 0.29) is 55.6 Å². The van der Waals surface area contributed by atoms with Crippen LogP contribution in [0.2, 0.25) is 10.3 Å². The Labute approximate surface area is 275 Å². The van der Waals surface area contributed by atoms with Gasteiger partial charge in [-0.3, -0.25) is 0 Å². The van der Waals surface area contributed by atoms with Gasteiger partial charge in [0.05, 0.1) is 37.0 Å². The molecule has 0 saturated carbocycles. The molecule has 0 unspecified atom stereocenters. The third kappa shape index (κ3) is 7.27. The molecular weight excluding hydrogens is 669 g/mol. The van der Waals surface area contributed by atoms with E-state index in [1.807, 2.05) is 0 Å². The van der Waals surface area contributed by atoms with Crippen molar-refractivity contribution in [2.24, 2.45) is 0 Å². The number of aryl methyl sites for hydroxylation is 2. The Kier molecular flexibility index (Phi) is 8.35. The van der Waals surface area contributed by atoms with Crippen molar-refractivity contribution < 1.29 is 55.0 Å². The van der Waals surface area contributed by atoms with Crippen LogP contribution < -0.4 is 11.5 Å². The van der Waals surface area contributed by atoms with Crippen LogP contribution in [0.15, 0.2) is 48.8 Å². The molecule has 0 bridgehead atoms. The Morgan fingerprint density at radius 1 is 0.696 bits per heavy atom. The Balaban J connectivity index is 0.000000280. The molecule has 2 heterocycles. The first-order valence-corrected chi connectivity index (χ1v) is 13.0. The molecule has 8 N–H and O–H groups in total. The average Bonchev–Trinajstić information content (AvgIpc) is 3.04. The number of rotatable bonds is 6. The lowest BCUT2D eigenvalue weighted by Gasteiger charge is -2.29. The first kappa shape index (κ1) is 28.4. The molecular formula is C28H26Cl2F6N6O4. The van der Waals surface area contributed by atoms with Gasteiger partial charge >= 0.3 is 12.4 Å². The monoisotopic (exact) mass is 700 g/mol. The molecule has 0 spiro atoms. The highest BCUT2D eigenvalue weighted by atomic mass is 35.5. The fourth-order valence-corrected chi connectivity index (χ4v) is 4.01. The number of nitrogens with two attached hydrogens (primary N) is 2. The summed E-state index contributed by atoms with van der Waals surface area (Å²) in [6.45, 7) is -8.70. The van der Waals surface area contributed by atoms with Crippen LogP contribution in [0.4, 0.5) is 38.0 Å². The lowest BCUT2D eigenvalue weighted by atomic mass is 9.90. The van der Waals surface area contributed by atoms with Crippen molar-refractivity contribution in [3.8, 4) is 22.5 Å². The van der Waals surface area contributed by atoms with Crippen molar-refractivity contribution in [1.82, 2.24) is 19.9 Å². The maximum absolute atomic E-state index is 13.2. The maximum atomic E-state index is 13.2. The Hall–Kier alpha value is -3.80. The van der Waals surface area contributed by atoms with Crippen molar-refractivity contribution in [3.63, 3.8) is 0 Å². The van der Waals surface area contributed by atoms with E-state index in [1.165, 1.54) is 0 Å². The molecule has 0 aliphatic rings. The van der Waals surface area contributed by atoms with Gasteiger partial charge in [0, 0.05) is 19.4 Å². The number of anilines is 2. The smallest absolute Gasteiger partial charge is 0.393 e. The minimum Gasteiger partial charge on any atom is -0.393 e. The molecule has 18 heteroatoms. The van der Waals surface area contributed by atoms with Gasteiger partial charge in [-0.25, -0.2) is 19.9 Å². The Morgan fingerprint density at radius 2 is 1.04 bits per heavy atom. The van der Waals surface area contributed by atoms with Gasteiger partial charge in [0.1, 0.15) is 0 Å². The van der Waals surface area contributed by atoms with E-state index < -0.39 is 61.6 Å². The van der Waals surface area contributed by atoms with Crippen LogP contribution >= 0.6 is 23.2 Å². The molecule has 0 saturated heterocycles. The van der Waals surface area contributed by atoms with E-state index in [0.717, 1.165) is 48.8 Å². The van der Waals surface area contributed by atoms with Gasteiger partial charge in [-0.15, -0.1) is 0 Å². The van der Waals surface area contributed by atoms with Crippen LogP contribution in [0, 0.1) is 13.7 Å². The normalized spacial score (nSPS) is 17.0. The summed E-state index contributed by atoms with van der Waals surface area (Å²) in [6.07, 6.45) is -8.32. The zero-order chi connectivity index (χ0) is 39.8. The van der Waals surface area contributed by atoms with Crippen LogP contribution in [-0.4, -0.2) is 65.9 Å². The van der Waals surface area contributed by atoms with Gasteiger partial charge in [0.2, 0.25) is 11.2 Å². The SMILES string of the molecule is [2H]C([2H])([2H])c1ccc([C@@](O)(CO)C(F)(F)F)cc1-c1cnc(N)c(Cl)n1.[2H]C([2H])([2H])c1ccc([C@](O)(CO)C(F)(F)F)cc1-c1cnc(N)c(Cl)n1. The van der Waals surface area contributed by atoms with Gasteiger partial charge in [0.15, 0.2) is 21.9 Å². The van der Waals surface area contributed by atoms with E-state index in [0.29, 0.717) is 0 Å². The topological polar surface area (TPSA) is 185 Å². The number of aromatic nitrogens is 4. The van der Waals surface area contributed by atoms with Crippen molar-refractivity contribution in [2.75, 3.05) is 24.7 Å². The van der Waals surface area contributed by atoms with Gasteiger partial charge < -0.3 is 31.9 Å². The van der Waals surface area contributed by atoms with Crippen LogP contribution in [0.5, 0.6) is 0 Å². The Morgan fingerprint density at radius 3 is 1.30 bits per heavy atom. The van der Waals surface area contributed by atoms with Crippen molar-refractivity contribution >= 4 is 34.8 Å². The van der Waals surface area contributed by atoms with E-state index in [9.17, 15) is 36.6 Å². The third-order valence-electron chi connectivity index (χ3n) is 6.45. The van der Waals surface area contributed by atoms with E-state index >= 15 is 0 Å². The standard InChI is InChI=1S/2C14H13ClF3N3O2/c2*1-7-2-3-8(13(23,6-22)14(16,17)18)4-9(7)10-5-20-12(19)11(15)21-10/h2*2-5,22-23H,6H2,1H3,(H2,19,20)/t2*13-/m10/s1/i2*1D3. The molecule has 0 fully saturated rings. The summed E-state index contributed by atoms with van der Waals surface area (Å²) in [5, 5.41) is 37.5. The van der Waals surface area contributed by atoms with Crippen molar-refractivity contribution in [1.29, 1.82) is 0 Å². The molecule has 2 aromatic heterocycles. The number of benzene rings is 2. The van der Waals surface area contributed by atoms with E-state index in [1.54, 1.807) is 0 Å². The highest BCUT2D eigenvalue weighted by Gasteiger charge is 2.55. The fraction of sp³-hybridized carbons (Fsp3) is 0.286. The first-order valence-electron chi connectivity index (χ1n) is 15.3. The number of hydrogen-bond acceptors (Lipinski definition) is 10. The second kappa shape index (κ2) is 13.5. The van der Waals surface area contributed by atoms with E-state index in [4.69, 9.17) is 53.1 Å². The molecule has 4 aromatic rings. The summed E-state index contributed by atoms with van der Waals surface area (Å²) in [4.78, 5) is 15.1. The molecule has 10 nitrogen and oxygen atoms in total. The summed E-state index contributed by atoms with van der Waals surface area (Å²) in [5.74, 6) is -0.298. The lowest BCUT2D eigenvalue weighted by molar-refractivity contribution is -0.277. The van der Waals surface area contributed by atoms with Crippen LogP contribution in [0.1, 0.15) is 30.5 Å². The first-order chi connectivity index (χ1) is 23.6. The number of halogens is 8. The molecule has 2 atom stereocenters. The van der Waals surface area contributed by atoms with Gasteiger partial charge in [-0.05, 0) is 48.1 Å². The zero-order valence-electron chi connectivity index (χ0n) is 28.8. The summed E-state index contributed by atoms with van der Waals surface area (Å²) in [6, 6.07) is 4.92. The molecule has 46 heavy (non-hydrogen) atoms. The highest BCUT2D eigenvalue weighted by molar-refractivity contribution is 6.31. The lowest BCUT2D eigenvalue weighted by Crippen LogP contribution is -2.45. The fourth-order valence-electron chi connectivity index (χ4n) is 3.73. The number of nitrogen functional groups attached to an aromatic ring is 2. The minimum atomic E-state index is -5.20. The number of alkyl halides is 6. The second-order valence-corrected chi connectivity index (χ2v) is 10.1. The van der Waals surface area contributed by atoms with Crippen molar-refractivity contribution in [3.05, 3.63) is 81.4 Å². The number of hydrogen-bond donors (Lipinski definition) is 6. The molecule has 0 amide bonds.